The maximum atomic E-state index is 12.6. The van der Waals surface area contributed by atoms with Crippen molar-refractivity contribution in [3.63, 3.8) is 0 Å². The summed E-state index contributed by atoms with van der Waals surface area (Å²) in [4.78, 5) is 39.6. The molecule has 8 nitrogen and oxygen atoms in total. The Kier molecular flexibility index (Phi) is 6.17. The Labute approximate surface area is 172 Å². The SMILES string of the molecule is CCc1c[nH]c(=O)c(C(=O)Nc2cccc(NC(=O)c3c(O)cccc3OC)c2)c1. The van der Waals surface area contributed by atoms with Crippen molar-refractivity contribution in [1.29, 1.82) is 0 Å². The summed E-state index contributed by atoms with van der Waals surface area (Å²) in [5, 5.41) is 15.3. The van der Waals surface area contributed by atoms with Gasteiger partial charge in [-0.2, -0.15) is 0 Å². The number of carbonyl (C=O) groups is 2. The molecule has 0 unspecified atom stereocenters. The average molecular weight is 407 g/mol. The van der Waals surface area contributed by atoms with Gasteiger partial charge in [-0.1, -0.05) is 19.1 Å². The summed E-state index contributed by atoms with van der Waals surface area (Å²) in [5.74, 6) is -1.11. The molecule has 0 aliphatic rings. The Morgan fingerprint density at radius 3 is 2.37 bits per heavy atom. The largest absolute Gasteiger partial charge is 0.507 e. The second-order valence-corrected chi connectivity index (χ2v) is 6.45. The molecule has 2 aromatic carbocycles. The minimum atomic E-state index is -0.569. The molecule has 0 saturated carbocycles. The number of aromatic amines is 1. The fourth-order valence-corrected chi connectivity index (χ4v) is 2.89. The number of benzene rings is 2. The van der Waals surface area contributed by atoms with Crippen LogP contribution in [0.5, 0.6) is 11.5 Å². The van der Waals surface area contributed by atoms with Crippen LogP contribution in [0.4, 0.5) is 11.4 Å². The number of H-pyrrole nitrogens is 1. The maximum Gasteiger partial charge on any atom is 0.263 e. The van der Waals surface area contributed by atoms with E-state index in [1.54, 1.807) is 48.7 Å². The van der Waals surface area contributed by atoms with E-state index >= 15 is 0 Å². The van der Waals surface area contributed by atoms with Crippen molar-refractivity contribution >= 4 is 23.2 Å². The fourth-order valence-electron chi connectivity index (χ4n) is 2.89. The number of aromatic nitrogens is 1. The van der Waals surface area contributed by atoms with Crippen molar-refractivity contribution in [2.24, 2.45) is 0 Å². The number of phenols is 1. The molecular formula is C22H21N3O5. The Hall–Kier alpha value is -4.07. The molecule has 0 atom stereocenters. The Morgan fingerprint density at radius 1 is 1.03 bits per heavy atom. The van der Waals surface area contributed by atoms with E-state index < -0.39 is 17.4 Å². The first-order valence-electron chi connectivity index (χ1n) is 9.23. The van der Waals surface area contributed by atoms with E-state index in [0.717, 1.165) is 5.56 Å². The Bertz CT molecular complexity index is 1150. The van der Waals surface area contributed by atoms with Gasteiger partial charge in [0.25, 0.3) is 17.4 Å². The van der Waals surface area contributed by atoms with Gasteiger partial charge >= 0.3 is 0 Å². The third-order valence-corrected chi connectivity index (χ3v) is 4.45. The molecule has 0 spiro atoms. The van der Waals surface area contributed by atoms with Crippen molar-refractivity contribution < 1.29 is 19.4 Å². The van der Waals surface area contributed by atoms with Gasteiger partial charge < -0.3 is 25.5 Å². The smallest absolute Gasteiger partial charge is 0.263 e. The van der Waals surface area contributed by atoms with Gasteiger partial charge in [-0.3, -0.25) is 14.4 Å². The first kappa shape index (κ1) is 20.7. The zero-order valence-electron chi connectivity index (χ0n) is 16.5. The molecule has 0 aliphatic carbocycles. The zero-order chi connectivity index (χ0) is 21.7. The normalized spacial score (nSPS) is 10.3. The zero-order valence-corrected chi connectivity index (χ0v) is 16.5. The molecule has 1 aromatic heterocycles. The quantitative estimate of drug-likeness (QED) is 0.500. The molecule has 4 N–H and O–H groups in total. The highest BCUT2D eigenvalue weighted by Crippen LogP contribution is 2.28. The van der Waals surface area contributed by atoms with Crippen molar-refractivity contribution in [3.8, 4) is 11.5 Å². The summed E-state index contributed by atoms with van der Waals surface area (Å²) in [5.41, 5.74) is 1.13. The molecule has 2 amide bonds. The molecule has 0 radical (unpaired) electrons. The predicted octanol–water partition coefficient (Wildman–Crippen LogP) is 3.16. The molecule has 0 bridgehead atoms. The number of rotatable bonds is 6. The molecule has 3 aromatic rings. The van der Waals surface area contributed by atoms with Crippen LogP contribution in [0, 0.1) is 0 Å². The predicted molar refractivity (Wildman–Crippen MR) is 113 cm³/mol. The van der Waals surface area contributed by atoms with E-state index in [1.165, 1.54) is 13.2 Å². The molecular weight excluding hydrogens is 386 g/mol. The van der Waals surface area contributed by atoms with E-state index in [9.17, 15) is 19.5 Å². The second-order valence-electron chi connectivity index (χ2n) is 6.45. The van der Waals surface area contributed by atoms with Gasteiger partial charge in [0.15, 0.2) is 0 Å². The minimum Gasteiger partial charge on any atom is -0.507 e. The van der Waals surface area contributed by atoms with Crippen LogP contribution in [0.25, 0.3) is 0 Å². The first-order chi connectivity index (χ1) is 14.4. The van der Waals surface area contributed by atoms with Gasteiger partial charge in [-0.15, -0.1) is 0 Å². The molecule has 1 heterocycles. The van der Waals surface area contributed by atoms with Crippen LogP contribution in [0.2, 0.25) is 0 Å². The van der Waals surface area contributed by atoms with Gasteiger partial charge in [0.1, 0.15) is 22.6 Å². The maximum absolute atomic E-state index is 12.6. The highest BCUT2D eigenvalue weighted by molar-refractivity contribution is 6.09. The lowest BCUT2D eigenvalue weighted by atomic mass is 10.1. The van der Waals surface area contributed by atoms with Crippen LogP contribution in [0.1, 0.15) is 33.2 Å². The summed E-state index contributed by atoms with van der Waals surface area (Å²) >= 11 is 0. The number of phenolic OH excluding ortho intramolecular Hbond substituents is 1. The Morgan fingerprint density at radius 2 is 1.70 bits per heavy atom. The van der Waals surface area contributed by atoms with Crippen LogP contribution < -0.4 is 20.9 Å². The second kappa shape index (κ2) is 8.95. The van der Waals surface area contributed by atoms with E-state index in [-0.39, 0.29) is 22.6 Å². The summed E-state index contributed by atoms with van der Waals surface area (Å²) in [6, 6.07) is 12.5. The van der Waals surface area contributed by atoms with E-state index in [1.807, 2.05) is 6.92 Å². The van der Waals surface area contributed by atoms with Gasteiger partial charge in [-0.05, 0) is 48.4 Å². The Balaban J connectivity index is 1.80. The standard InChI is InChI=1S/C22H21N3O5/c1-3-13-10-16(20(27)23-12-13)21(28)24-14-6-4-7-15(11-14)25-22(29)19-17(26)8-5-9-18(19)30-2/h4-12,26H,3H2,1-2H3,(H,23,27)(H,24,28)(H,25,29). The summed E-state index contributed by atoms with van der Waals surface area (Å²) in [6.45, 7) is 1.92. The number of pyridine rings is 1. The molecule has 0 saturated heterocycles. The van der Waals surface area contributed by atoms with Crippen molar-refractivity contribution in [2.75, 3.05) is 17.7 Å². The average Bonchev–Trinajstić information content (AvgIpc) is 2.73. The van der Waals surface area contributed by atoms with Crippen LogP contribution >= 0.6 is 0 Å². The number of hydrogen-bond donors (Lipinski definition) is 4. The van der Waals surface area contributed by atoms with Crippen LogP contribution in [-0.2, 0) is 6.42 Å². The number of nitrogens with one attached hydrogen (secondary N) is 3. The number of ether oxygens (including phenoxy) is 1. The van der Waals surface area contributed by atoms with Crippen LogP contribution in [-0.4, -0.2) is 29.0 Å². The van der Waals surface area contributed by atoms with Crippen molar-refractivity contribution in [3.05, 3.63) is 81.8 Å². The summed E-state index contributed by atoms with van der Waals surface area (Å²) in [6.07, 6.45) is 2.25. The number of carbonyl (C=O) groups excluding carboxylic acids is 2. The van der Waals surface area contributed by atoms with E-state index in [2.05, 4.69) is 15.6 Å². The molecule has 0 fully saturated rings. The lowest BCUT2D eigenvalue weighted by molar-refractivity contribution is 0.101. The lowest BCUT2D eigenvalue weighted by Crippen LogP contribution is -2.23. The summed E-state index contributed by atoms with van der Waals surface area (Å²) < 4.78 is 5.13. The molecule has 154 valence electrons. The van der Waals surface area contributed by atoms with Crippen LogP contribution in [0.15, 0.2) is 59.5 Å². The third-order valence-electron chi connectivity index (χ3n) is 4.45. The van der Waals surface area contributed by atoms with Crippen LogP contribution in [0.3, 0.4) is 0 Å². The number of methoxy groups -OCH3 is 1. The molecule has 0 aliphatic heterocycles. The lowest BCUT2D eigenvalue weighted by Gasteiger charge is -2.12. The first-order valence-corrected chi connectivity index (χ1v) is 9.23. The highest BCUT2D eigenvalue weighted by Gasteiger charge is 2.18. The monoisotopic (exact) mass is 407 g/mol. The van der Waals surface area contributed by atoms with E-state index in [4.69, 9.17) is 4.74 Å². The number of anilines is 2. The fraction of sp³-hybridized carbons (Fsp3) is 0.136. The number of aromatic hydroxyl groups is 1. The summed E-state index contributed by atoms with van der Waals surface area (Å²) in [7, 11) is 1.40. The van der Waals surface area contributed by atoms with Gasteiger partial charge in [-0.25, -0.2) is 0 Å². The molecule has 8 heteroatoms. The number of amides is 2. The van der Waals surface area contributed by atoms with Gasteiger partial charge in [0.05, 0.1) is 7.11 Å². The van der Waals surface area contributed by atoms with Gasteiger partial charge in [0, 0.05) is 17.6 Å². The highest BCUT2D eigenvalue weighted by atomic mass is 16.5. The minimum absolute atomic E-state index is 0.00245. The number of aryl methyl sites for hydroxylation is 1. The van der Waals surface area contributed by atoms with E-state index in [0.29, 0.717) is 17.8 Å². The number of hydrogen-bond acceptors (Lipinski definition) is 5. The molecule has 30 heavy (non-hydrogen) atoms. The topological polar surface area (TPSA) is 121 Å². The van der Waals surface area contributed by atoms with Gasteiger partial charge in [0.2, 0.25) is 0 Å². The van der Waals surface area contributed by atoms with Crippen molar-refractivity contribution in [2.45, 2.75) is 13.3 Å². The van der Waals surface area contributed by atoms with Crippen molar-refractivity contribution in [1.82, 2.24) is 4.98 Å². The molecule has 3 rings (SSSR count). The third kappa shape index (κ3) is 4.49.